The molecule has 3 nitrogen and oxygen atoms in total. The molecule has 2 unspecified atom stereocenters. The van der Waals surface area contributed by atoms with Crippen LogP contribution in [0.1, 0.15) is 44.1 Å². The predicted octanol–water partition coefficient (Wildman–Crippen LogP) is 3.34. The molecule has 1 aliphatic carbocycles. The van der Waals surface area contributed by atoms with Crippen LogP contribution < -0.4 is 14.8 Å². The molecule has 1 aromatic rings. The van der Waals surface area contributed by atoms with Crippen LogP contribution >= 0.6 is 0 Å². The molecular formula is C16H25NO2. The summed E-state index contributed by atoms with van der Waals surface area (Å²) in [6.07, 6.45) is 4.94. The summed E-state index contributed by atoms with van der Waals surface area (Å²) < 4.78 is 11.1. The lowest BCUT2D eigenvalue weighted by molar-refractivity contribution is 0.321. The largest absolute Gasteiger partial charge is 0.496 e. The molecule has 0 bridgehead atoms. The molecule has 2 atom stereocenters. The van der Waals surface area contributed by atoms with Crippen molar-refractivity contribution in [1.82, 2.24) is 5.32 Å². The van der Waals surface area contributed by atoms with Gasteiger partial charge in [0.2, 0.25) is 0 Å². The summed E-state index contributed by atoms with van der Waals surface area (Å²) in [5.41, 5.74) is 1.25. The van der Waals surface area contributed by atoms with E-state index in [0.29, 0.717) is 12.0 Å². The fourth-order valence-electron chi connectivity index (χ4n) is 3.21. The second-order valence-electron chi connectivity index (χ2n) is 5.19. The molecule has 1 N–H and O–H groups in total. The lowest BCUT2D eigenvalue weighted by atomic mass is 9.80. The zero-order valence-corrected chi connectivity index (χ0v) is 12.2. The van der Waals surface area contributed by atoms with Crippen LogP contribution in [-0.4, -0.2) is 26.8 Å². The summed E-state index contributed by atoms with van der Waals surface area (Å²) in [7, 11) is 3.48. The van der Waals surface area contributed by atoms with E-state index in [1.165, 1.54) is 31.2 Å². The lowest BCUT2D eigenvalue weighted by Crippen LogP contribution is -2.33. The normalized spacial score (nSPS) is 23.1. The van der Waals surface area contributed by atoms with E-state index in [1.807, 2.05) is 18.2 Å². The number of nitrogens with one attached hydrogen (secondary N) is 1. The van der Waals surface area contributed by atoms with Crippen molar-refractivity contribution in [3.63, 3.8) is 0 Å². The van der Waals surface area contributed by atoms with Crippen molar-refractivity contribution in [2.45, 2.75) is 44.6 Å². The smallest absolute Gasteiger partial charge is 0.126 e. The van der Waals surface area contributed by atoms with Gasteiger partial charge in [0.05, 0.1) is 14.2 Å². The summed E-state index contributed by atoms with van der Waals surface area (Å²) >= 11 is 0. The standard InChI is InChI=1S/C16H25NO2/c1-4-17-13-8-5-7-12(11-13)16-14(18-2)9-6-10-15(16)19-3/h6,9-10,12-13,17H,4-5,7-8,11H2,1-3H3. The van der Waals surface area contributed by atoms with E-state index in [-0.39, 0.29) is 0 Å². The first kappa shape index (κ1) is 14.2. The van der Waals surface area contributed by atoms with Gasteiger partial charge in [-0.1, -0.05) is 19.4 Å². The highest BCUT2D eigenvalue weighted by atomic mass is 16.5. The van der Waals surface area contributed by atoms with Crippen LogP contribution in [0.25, 0.3) is 0 Å². The summed E-state index contributed by atoms with van der Waals surface area (Å²) in [4.78, 5) is 0. The van der Waals surface area contributed by atoms with Gasteiger partial charge in [-0.15, -0.1) is 0 Å². The second-order valence-corrected chi connectivity index (χ2v) is 5.19. The Morgan fingerprint density at radius 2 is 1.84 bits per heavy atom. The third kappa shape index (κ3) is 3.21. The van der Waals surface area contributed by atoms with Gasteiger partial charge in [0, 0.05) is 11.6 Å². The molecule has 1 aliphatic rings. The van der Waals surface area contributed by atoms with E-state index in [2.05, 4.69) is 12.2 Å². The zero-order chi connectivity index (χ0) is 13.7. The van der Waals surface area contributed by atoms with E-state index in [4.69, 9.17) is 9.47 Å². The number of methoxy groups -OCH3 is 2. The average molecular weight is 263 g/mol. The third-order valence-electron chi connectivity index (χ3n) is 4.04. The summed E-state index contributed by atoms with van der Waals surface area (Å²) in [5.74, 6) is 2.45. The summed E-state index contributed by atoms with van der Waals surface area (Å²) in [6.45, 7) is 3.22. The van der Waals surface area contributed by atoms with Gasteiger partial charge in [0.1, 0.15) is 11.5 Å². The molecule has 0 spiro atoms. The van der Waals surface area contributed by atoms with Crippen LogP contribution in [0.5, 0.6) is 11.5 Å². The van der Waals surface area contributed by atoms with E-state index in [9.17, 15) is 0 Å². The molecule has 3 heteroatoms. The van der Waals surface area contributed by atoms with Gasteiger partial charge >= 0.3 is 0 Å². The molecule has 0 amide bonds. The van der Waals surface area contributed by atoms with Crippen molar-refractivity contribution in [2.24, 2.45) is 0 Å². The number of hydrogen-bond donors (Lipinski definition) is 1. The van der Waals surface area contributed by atoms with Gasteiger partial charge in [-0.3, -0.25) is 0 Å². The Morgan fingerprint density at radius 3 is 2.42 bits per heavy atom. The van der Waals surface area contributed by atoms with Crippen molar-refractivity contribution in [1.29, 1.82) is 0 Å². The minimum absolute atomic E-state index is 0.531. The maximum Gasteiger partial charge on any atom is 0.126 e. The maximum absolute atomic E-state index is 5.54. The Hall–Kier alpha value is -1.22. The minimum atomic E-state index is 0.531. The summed E-state index contributed by atoms with van der Waals surface area (Å²) in [5, 5.41) is 3.58. The zero-order valence-electron chi connectivity index (χ0n) is 12.2. The fraction of sp³-hybridized carbons (Fsp3) is 0.625. The van der Waals surface area contributed by atoms with E-state index in [1.54, 1.807) is 14.2 Å². The lowest BCUT2D eigenvalue weighted by Gasteiger charge is -2.31. The topological polar surface area (TPSA) is 30.5 Å². The Balaban J connectivity index is 2.24. The molecule has 0 aliphatic heterocycles. The highest BCUT2D eigenvalue weighted by Crippen LogP contribution is 2.42. The van der Waals surface area contributed by atoms with Gasteiger partial charge in [0.15, 0.2) is 0 Å². The molecular weight excluding hydrogens is 238 g/mol. The van der Waals surface area contributed by atoms with E-state index >= 15 is 0 Å². The van der Waals surface area contributed by atoms with Crippen LogP contribution in [0.2, 0.25) is 0 Å². The van der Waals surface area contributed by atoms with Gasteiger partial charge < -0.3 is 14.8 Å². The first-order chi connectivity index (χ1) is 9.30. The molecule has 0 saturated heterocycles. The Kier molecular flexibility index (Phi) is 5.08. The number of benzene rings is 1. The number of rotatable bonds is 5. The van der Waals surface area contributed by atoms with Crippen molar-refractivity contribution in [3.8, 4) is 11.5 Å². The van der Waals surface area contributed by atoms with Crippen LogP contribution in [0.3, 0.4) is 0 Å². The SMILES string of the molecule is CCNC1CCCC(c2c(OC)cccc2OC)C1. The molecule has 0 radical (unpaired) electrons. The fourth-order valence-corrected chi connectivity index (χ4v) is 3.21. The van der Waals surface area contributed by atoms with Crippen molar-refractivity contribution >= 4 is 0 Å². The molecule has 1 saturated carbocycles. The van der Waals surface area contributed by atoms with Crippen LogP contribution in [0.4, 0.5) is 0 Å². The molecule has 0 aromatic heterocycles. The molecule has 2 rings (SSSR count). The molecule has 1 aromatic carbocycles. The van der Waals surface area contributed by atoms with E-state index in [0.717, 1.165) is 18.0 Å². The quantitative estimate of drug-likeness (QED) is 0.884. The van der Waals surface area contributed by atoms with Crippen LogP contribution in [0.15, 0.2) is 18.2 Å². The van der Waals surface area contributed by atoms with Crippen LogP contribution in [0, 0.1) is 0 Å². The highest BCUT2D eigenvalue weighted by Gasteiger charge is 2.27. The average Bonchev–Trinajstić information content (AvgIpc) is 2.47. The third-order valence-corrected chi connectivity index (χ3v) is 4.04. The Bertz CT molecular complexity index is 381. The predicted molar refractivity (Wildman–Crippen MR) is 78.2 cm³/mol. The highest BCUT2D eigenvalue weighted by molar-refractivity contribution is 5.47. The van der Waals surface area contributed by atoms with Gasteiger partial charge in [-0.2, -0.15) is 0 Å². The first-order valence-corrected chi connectivity index (χ1v) is 7.24. The second kappa shape index (κ2) is 6.80. The monoisotopic (exact) mass is 263 g/mol. The van der Waals surface area contributed by atoms with Crippen molar-refractivity contribution in [3.05, 3.63) is 23.8 Å². The number of hydrogen-bond acceptors (Lipinski definition) is 3. The van der Waals surface area contributed by atoms with Gasteiger partial charge in [-0.25, -0.2) is 0 Å². The summed E-state index contributed by atoms with van der Waals surface area (Å²) in [6, 6.07) is 6.69. The maximum atomic E-state index is 5.54. The minimum Gasteiger partial charge on any atom is -0.496 e. The molecule has 106 valence electrons. The number of ether oxygens (including phenoxy) is 2. The van der Waals surface area contributed by atoms with Gasteiger partial charge in [0.25, 0.3) is 0 Å². The van der Waals surface area contributed by atoms with Gasteiger partial charge in [-0.05, 0) is 43.9 Å². The molecule has 19 heavy (non-hydrogen) atoms. The first-order valence-electron chi connectivity index (χ1n) is 7.24. The Morgan fingerprint density at radius 1 is 1.16 bits per heavy atom. The van der Waals surface area contributed by atoms with E-state index < -0.39 is 0 Å². The Labute approximate surface area is 116 Å². The van der Waals surface area contributed by atoms with Crippen LogP contribution in [-0.2, 0) is 0 Å². The van der Waals surface area contributed by atoms with Crippen molar-refractivity contribution in [2.75, 3.05) is 20.8 Å². The molecule has 0 heterocycles. The molecule has 1 fully saturated rings. The van der Waals surface area contributed by atoms with Crippen molar-refractivity contribution < 1.29 is 9.47 Å².